The zero-order chi connectivity index (χ0) is 20.5. The molecule has 0 amide bonds. The van der Waals surface area contributed by atoms with E-state index in [1.54, 1.807) is 4.68 Å². The fourth-order valence-corrected chi connectivity index (χ4v) is 3.60. The number of benzene rings is 2. The first kappa shape index (κ1) is 18.6. The van der Waals surface area contributed by atoms with Crippen LogP contribution in [0, 0.1) is 18.3 Å². The van der Waals surface area contributed by atoms with Gasteiger partial charge in [0.05, 0.1) is 29.0 Å². The van der Waals surface area contributed by atoms with Crippen molar-refractivity contribution in [1.82, 2.24) is 9.78 Å². The Labute approximate surface area is 169 Å². The highest BCUT2D eigenvalue weighted by atomic mass is 16.5. The molecule has 0 saturated carbocycles. The number of fused-ring (bicyclic) bond motifs is 1. The van der Waals surface area contributed by atoms with Crippen LogP contribution >= 0.6 is 0 Å². The number of hydrogen-bond acceptors (Lipinski definition) is 5. The fraction of sp³-hybridized carbons (Fsp3) is 0.217. The van der Waals surface area contributed by atoms with Gasteiger partial charge in [-0.3, -0.25) is 0 Å². The average molecular weight is 386 g/mol. The number of allylic oxidation sites excluding steroid dienone is 1. The molecule has 6 nitrogen and oxygen atoms in total. The fourth-order valence-electron chi connectivity index (χ4n) is 3.60. The first-order valence-electron chi connectivity index (χ1n) is 9.48. The summed E-state index contributed by atoms with van der Waals surface area (Å²) < 4.78 is 13.4. The number of aryl methyl sites for hydroxylation is 1. The first-order valence-corrected chi connectivity index (χ1v) is 9.48. The highest BCUT2D eigenvalue weighted by Crippen LogP contribution is 2.44. The molecule has 0 saturated heterocycles. The van der Waals surface area contributed by atoms with Gasteiger partial charge in [0, 0.05) is 0 Å². The Balaban J connectivity index is 1.85. The van der Waals surface area contributed by atoms with Crippen molar-refractivity contribution in [2.24, 2.45) is 5.73 Å². The maximum absolute atomic E-state index is 9.79. The minimum absolute atomic E-state index is 0.0899. The minimum atomic E-state index is -0.352. The maximum Gasteiger partial charge on any atom is 0.229 e. The summed E-state index contributed by atoms with van der Waals surface area (Å²) >= 11 is 0. The van der Waals surface area contributed by atoms with Crippen LogP contribution in [0.25, 0.3) is 5.69 Å². The van der Waals surface area contributed by atoms with Gasteiger partial charge in [-0.2, -0.15) is 10.4 Å². The summed E-state index contributed by atoms with van der Waals surface area (Å²) in [4.78, 5) is 0. The van der Waals surface area contributed by atoms with Crippen LogP contribution in [0.5, 0.6) is 11.6 Å². The Bertz CT molecular complexity index is 1110. The van der Waals surface area contributed by atoms with Crippen LogP contribution < -0.4 is 15.2 Å². The Morgan fingerprint density at radius 2 is 1.83 bits per heavy atom. The van der Waals surface area contributed by atoms with E-state index >= 15 is 0 Å². The number of nitrogens with two attached hydrogens (primary N) is 1. The smallest absolute Gasteiger partial charge is 0.229 e. The van der Waals surface area contributed by atoms with Crippen LogP contribution in [-0.4, -0.2) is 15.9 Å². The highest BCUT2D eigenvalue weighted by Gasteiger charge is 2.36. The monoisotopic (exact) mass is 386 g/mol. The van der Waals surface area contributed by atoms with E-state index in [-0.39, 0.29) is 17.9 Å². The summed E-state index contributed by atoms with van der Waals surface area (Å²) in [6, 6.07) is 19.7. The summed E-state index contributed by atoms with van der Waals surface area (Å²) in [6.45, 7) is 5.88. The van der Waals surface area contributed by atoms with Gasteiger partial charge in [-0.1, -0.05) is 30.3 Å². The van der Waals surface area contributed by atoms with E-state index in [1.165, 1.54) is 0 Å². The zero-order valence-corrected chi connectivity index (χ0v) is 16.6. The van der Waals surface area contributed by atoms with Gasteiger partial charge < -0.3 is 15.2 Å². The van der Waals surface area contributed by atoms with E-state index in [2.05, 4.69) is 11.2 Å². The van der Waals surface area contributed by atoms with Crippen molar-refractivity contribution in [3.8, 4) is 23.4 Å². The third kappa shape index (κ3) is 3.32. The molecular formula is C23H22N4O2. The molecule has 1 aromatic heterocycles. The quantitative estimate of drug-likeness (QED) is 0.727. The molecule has 1 aliphatic heterocycles. The van der Waals surface area contributed by atoms with Crippen LogP contribution in [0.15, 0.2) is 66.1 Å². The molecule has 0 aliphatic carbocycles. The number of ether oxygens (including phenoxy) is 2. The second kappa shape index (κ2) is 7.36. The molecule has 0 unspecified atom stereocenters. The third-order valence-corrected chi connectivity index (χ3v) is 4.82. The van der Waals surface area contributed by atoms with E-state index in [9.17, 15) is 5.26 Å². The molecule has 29 heavy (non-hydrogen) atoms. The second-order valence-corrected chi connectivity index (χ2v) is 7.21. The first-order chi connectivity index (χ1) is 14.0. The lowest BCUT2D eigenvalue weighted by Gasteiger charge is -2.25. The van der Waals surface area contributed by atoms with Crippen LogP contribution in [0.1, 0.15) is 36.6 Å². The SMILES string of the molecule is Cc1nn(-c2ccccc2)c2c1[C@@H](c1ccc(OC(C)C)cc1)C(C#N)=C(N)O2. The summed E-state index contributed by atoms with van der Waals surface area (Å²) in [5.41, 5.74) is 9.96. The van der Waals surface area contributed by atoms with Gasteiger partial charge in [-0.15, -0.1) is 0 Å². The molecule has 0 spiro atoms. The number of aromatic nitrogens is 2. The number of nitriles is 1. The van der Waals surface area contributed by atoms with Gasteiger partial charge in [0.15, 0.2) is 0 Å². The third-order valence-electron chi connectivity index (χ3n) is 4.82. The van der Waals surface area contributed by atoms with Gasteiger partial charge in [0.25, 0.3) is 0 Å². The normalized spacial score (nSPS) is 15.6. The molecule has 3 aromatic rings. The Morgan fingerprint density at radius 1 is 1.14 bits per heavy atom. The van der Waals surface area contributed by atoms with E-state index in [0.717, 1.165) is 28.3 Å². The standard InChI is InChI=1S/C23H22N4O2/c1-14(2)28-18-11-9-16(10-12-18)21-19(13-24)22(25)29-23-20(21)15(3)26-27(23)17-7-5-4-6-8-17/h4-12,14,21H,25H2,1-3H3/t21-/m0/s1. The van der Waals surface area contributed by atoms with Gasteiger partial charge in [0.2, 0.25) is 11.8 Å². The molecule has 0 radical (unpaired) electrons. The second-order valence-electron chi connectivity index (χ2n) is 7.21. The van der Waals surface area contributed by atoms with E-state index in [0.29, 0.717) is 11.5 Å². The van der Waals surface area contributed by atoms with Crippen molar-refractivity contribution >= 4 is 0 Å². The summed E-state index contributed by atoms with van der Waals surface area (Å²) in [5, 5.41) is 14.5. The average Bonchev–Trinajstić information content (AvgIpc) is 3.04. The molecule has 0 fully saturated rings. The molecule has 2 aromatic carbocycles. The lowest BCUT2D eigenvalue weighted by atomic mass is 9.84. The molecule has 1 atom stereocenters. The largest absolute Gasteiger partial charge is 0.491 e. The minimum Gasteiger partial charge on any atom is -0.491 e. The molecule has 4 rings (SSSR count). The lowest BCUT2D eigenvalue weighted by Crippen LogP contribution is -2.22. The van der Waals surface area contributed by atoms with Crippen molar-refractivity contribution in [3.05, 3.63) is 82.9 Å². The number of para-hydroxylation sites is 1. The van der Waals surface area contributed by atoms with E-state index in [1.807, 2.05) is 75.4 Å². The predicted molar refractivity (Wildman–Crippen MR) is 110 cm³/mol. The van der Waals surface area contributed by atoms with Crippen molar-refractivity contribution in [1.29, 1.82) is 5.26 Å². The maximum atomic E-state index is 9.79. The molecular weight excluding hydrogens is 364 g/mol. The van der Waals surface area contributed by atoms with Gasteiger partial charge in [-0.25, -0.2) is 4.68 Å². The molecule has 146 valence electrons. The van der Waals surface area contributed by atoms with Crippen LogP contribution in [0.2, 0.25) is 0 Å². The summed E-state index contributed by atoms with van der Waals surface area (Å²) in [6.07, 6.45) is 0.0899. The highest BCUT2D eigenvalue weighted by molar-refractivity contribution is 5.57. The molecule has 1 aliphatic rings. The Hall–Kier alpha value is -3.72. The molecule has 0 bridgehead atoms. The number of hydrogen-bond donors (Lipinski definition) is 1. The van der Waals surface area contributed by atoms with Crippen LogP contribution in [-0.2, 0) is 0 Å². The number of nitrogens with zero attached hydrogens (tertiary/aromatic N) is 3. The van der Waals surface area contributed by atoms with Crippen molar-refractivity contribution in [3.63, 3.8) is 0 Å². The number of rotatable bonds is 4. The summed E-state index contributed by atoms with van der Waals surface area (Å²) in [7, 11) is 0. The predicted octanol–water partition coefficient (Wildman–Crippen LogP) is 4.19. The van der Waals surface area contributed by atoms with Crippen molar-refractivity contribution in [2.75, 3.05) is 0 Å². The van der Waals surface area contributed by atoms with Gasteiger partial charge in [0.1, 0.15) is 17.4 Å². The molecule has 2 N–H and O–H groups in total. The van der Waals surface area contributed by atoms with E-state index in [4.69, 9.17) is 15.2 Å². The molecule has 6 heteroatoms. The van der Waals surface area contributed by atoms with Crippen molar-refractivity contribution in [2.45, 2.75) is 32.8 Å². The summed E-state index contributed by atoms with van der Waals surface area (Å²) in [5.74, 6) is 1.07. The lowest BCUT2D eigenvalue weighted by molar-refractivity contribution is 0.242. The van der Waals surface area contributed by atoms with Gasteiger partial charge in [-0.05, 0) is 50.6 Å². The van der Waals surface area contributed by atoms with Crippen LogP contribution in [0.3, 0.4) is 0 Å². The van der Waals surface area contributed by atoms with Crippen molar-refractivity contribution < 1.29 is 9.47 Å². The van der Waals surface area contributed by atoms with Gasteiger partial charge >= 0.3 is 0 Å². The zero-order valence-electron chi connectivity index (χ0n) is 16.6. The van der Waals surface area contributed by atoms with E-state index < -0.39 is 0 Å². The topological polar surface area (TPSA) is 86.1 Å². The van der Waals surface area contributed by atoms with Crippen LogP contribution in [0.4, 0.5) is 0 Å². The Morgan fingerprint density at radius 3 is 2.45 bits per heavy atom. The Kier molecular flexibility index (Phi) is 4.73. The molecule has 2 heterocycles.